The molecule has 0 amide bonds. The average molecular weight is 153 g/mol. The zero-order valence-corrected chi connectivity index (χ0v) is 6.08. The van der Waals surface area contributed by atoms with Crippen molar-refractivity contribution in [2.45, 2.75) is 6.42 Å². The third-order valence-electron chi connectivity index (χ3n) is 1.53. The van der Waals surface area contributed by atoms with Crippen molar-refractivity contribution in [2.75, 3.05) is 13.1 Å². The van der Waals surface area contributed by atoms with Crippen LogP contribution in [0.2, 0.25) is 0 Å². The number of ketones is 2. The zero-order chi connectivity index (χ0) is 8.27. The van der Waals surface area contributed by atoms with Crippen LogP contribution < -0.4 is 0 Å². The molecular formula is C6H8BNO3. The SMILES string of the molecule is O=CBN1CC(=O)CC(=O)C1. The van der Waals surface area contributed by atoms with E-state index in [9.17, 15) is 14.4 Å². The van der Waals surface area contributed by atoms with Gasteiger partial charge in [0.2, 0.25) is 0 Å². The Hall–Kier alpha value is -0.965. The molecule has 58 valence electrons. The molecule has 0 radical (unpaired) electrons. The molecule has 1 heterocycles. The molecule has 0 atom stereocenters. The van der Waals surface area contributed by atoms with Gasteiger partial charge in [0, 0.05) is 13.1 Å². The van der Waals surface area contributed by atoms with E-state index in [2.05, 4.69) is 0 Å². The van der Waals surface area contributed by atoms with Crippen LogP contribution in [0.4, 0.5) is 0 Å². The van der Waals surface area contributed by atoms with Crippen LogP contribution in [0.1, 0.15) is 6.42 Å². The second kappa shape index (κ2) is 3.43. The fourth-order valence-electron chi connectivity index (χ4n) is 1.12. The predicted molar refractivity (Wildman–Crippen MR) is 40.1 cm³/mol. The maximum absolute atomic E-state index is 10.8. The molecule has 0 unspecified atom stereocenters. The molecule has 4 nitrogen and oxygen atoms in total. The summed E-state index contributed by atoms with van der Waals surface area (Å²) in [5.41, 5.74) is 0. The van der Waals surface area contributed by atoms with Crippen LogP contribution in [-0.2, 0) is 14.4 Å². The standard InChI is InChI=1S/C6H8BNO3/c9-4-7-8-2-5(10)1-6(11)3-8/h4,7H,1-3H2. The minimum absolute atomic E-state index is 0.0371. The van der Waals surface area contributed by atoms with Gasteiger partial charge >= 0.3 is 0 Å². The van der Waals surface area contributed by atoms with E-state index < -0.39 is 0 Å². The summed E-state index contributed by atoms with van der Waals surface area (Å²) in [6.07, 6.45) is 0.737. The number of piperidine rings is 1. The molecule has 0 aromatic carbocycles. The van der Waals surface area contributed by atoms with Gasteiger partial charge in [-0.05, 0) is 0 Å². The van der Waals surface area contributed by atoms with Crippen molar-refractivity contribution in [1.29, 1.82) is 0 Å². The van der Waals surface area contributed by atoms with E-state index >= 15 is 0 Å². The lowest BCUT2D eigenvalue weighted by atomic mass is 9.90. The molecule has 5 heteroatoms. The number of hydrogen-bond donors (Lipinski definition) is 0. The van der Waals surface area contributed by atoms with Gasteiger partial charge in [-0.1, -0.05) is 0 Å². The summed E-state index contributed by atoms with van der Waals surface area (Å²) in [4.78, 5) is 33.1. The number of carbonyl (C=O) groups excluding carboxylic acids is 3. The molecule has 0 aromatic heterocycles. The minimum atomic E-state index is -0.0944. The Bertz CT molecular complexity index is 188. The van der Waals surface area contributed by atoms with E-state index in [4.69, 9.17) is 0 Å². The number of carbonyl (C=O) groups is 3. The van der Waals surface area contributed by atoms with Crippen molar-refractivity contribution < 1.29 is 14.4 Å². The molecule has 0 N–H and O–H groups in total. The Morgan fingerprint density at radius 2 is 1.82 bits per heavy atom. The first-order valence-electron chi connectivity index (χ1n) is 3.42. The molecule has 11 heavy (non-hydrogen) atoms. The van der Waals surface area contributed by atoms with E-state index in [1.54, 1.807) is 4.81 Å². The van der Waals surface area contributed by atoms with Gasteiger partial charge in [-0.15, -0.1) is 0 Å². The van der Waals surface area contributed by atoms with Gasteiger partial charge in [0.1, 0.15) is 0 Å². The van der Waals surface area contributed by atoms with Gasteiger partial charge in [0.15, 0.2) is 11.6 Å². The van der Waals surface area contributed by atoms with Crippen LogP contribution in [0.25, 0.3) is 0 Å². The first-order chi connectivity index (χ1) is 5.22. The third-order valence-corrected chi connectivity index (χ3v) is 1.53. The largest absolute Gasteiger partial charge is 0.326 e. The fraction of sp³-hybridized carbons (Fsp3) is 0.500. The quantitative estimate of drug-likeness (QED) is 0.271. The molecule has 1 rings (SSSR count). The Morgan fingerprint density at radius 3 is 2.27 bits per heavy atom. The van der Waals surface area contributed by atoms with Crippen molar-refractivity contribution >= 4 is 25.2 Å². The lowest BCUT2D eigenvalue weighted by Crippen LogP contribution is -2.43. The summed E-state index contributed by atoms with van der Waals surface area (Å²) < 4.78 is 0. The maximum atomic E-state index is 10.8. The number of Topliss-reactive ketones (excluding diaryl/α,β-unsaturated/α-hetero) is 2. The smallest absolute Gasteiger partial charge is 0.281 e. The topological polar surface area (TPSA) is 54.5 Å². The predicted octanol–water partition coefficient (Wildman–Crippen LogP) is -1.63. The summed E-state index contributed by atoms with van der Waals surface area (Å²) >= 11 is 0. The summed E-state index contributed by atoms with van der Waals surface area (Å²) in [5, 5.41) is 0. The lowest BCUT2D eigenvalue weighted by Gasteiger charge is -2.21. The van der Waals surface area contributed by atoms with Crippen LogP contribution >= 0.6 is 0 Å². The lowest BCUT2D eigenvalue weighted by molar-refractivity contribution is -0.130. The second-order valence-electron chi connectivity index (χ2n) is 2.59. The Balaban J connectivity index is 2.49. The van der Waals surface area contributed by atoms with Gasteiger partial charge in [0.25, 0.3) is 7.41 Å². The van der Waals surface area contributed by atoms with Crippen molar-refractivity contribution in [3.63, 3.8) is 0 Å². The van der Waals surface area contributed by atoms with Crippen molar-refractivity contribution in [1.82, 2.24) is 4.81 Å². The highest BCUT2D eigenvalue weighted by molar-refractivity contribution is 6.64. The van der Waals surface area contributed by atoms with Crippen molar-refractivity contribution in [3.05, 3.63) is 0 Å². The van der Waals surface area contributed by atoms with Crippen molar-refractivity contribution in [2.24, 2.45) is 0 Å². The summed E-state index contributed by atoms with van der Waals surface area (Å²) in [6.45, 7) is 0.481. The molecule has 1 aliphatic heterocycles. The van der Waals surface area contributed by atoms with Crippen LogP contribution in [0, 0.1) is 0 Å². The number of nitrogens with zero attached hydrogens (tertiary/aromatic N) is 1. The molecule has 1 aliphatic rings. The minimum Gasteiger partial charge on any atom is -0.326 e. The summed E-state index contributed by atoms with van der Waals surface area (Å²) in [7, 11) is 0.178. The molecule has 0 aromatic rings. The summed E-state index contributed by atoms with van der Waals surface area (Å²) in [6, 6.07) is 0. The molecule has 1 saturated heterocycles. The van der Waals surface area contributed by atoms with Crippen LogP contribution in [0.3, 0.4) is 0 Å². The highest BCUT2D eigenvalue weighted by Gasteiger charge is 2.22. The maximum Gasteiger partial charge on any atom is 0.281 e. The van der Waals surface area contributed by atoms with Gasteiger partial charge in [0.05, 0.1) is 12.6 Å². The normalized spacial score (nSPS) is 20.0. The summed E-state index contributed by atoms with van der Waals surface area (Å²) in [5.74, 6) is -0.189. The van der Waals surface area contributed by atoms with Gasteiger partial charge < -0.3 is 9.61 Å². The van der Waals surface area contributed by atoms with E-state index in [0.29, 0.717) is 6.19 Å². The van der Waals surface area contributed by atoms with Crippen molar-refractivity contribution in [3.8, 4) is 0 Å². The molecule has 1 fully saturated rings. The highest BCUT2D eigenvalue weighted by atomic mass is 16.2. The van der Waals surface area contributed by atoms with Crippen LogP contribution in [0.5, 0.6) is 0 Å². The molecule has 0 bridgehead atoms. The van der Waals surface area contributed by atoms with Gasteiger partial charge in [-0.25, -0.2) is 0 Å². The Kier molecular flexibility index (Phi) is 2.54. The Morgan fingerprint density at radius 1 is 1.27 bits per heavy atom. The molecular weight excluding hydrogens is 145 g/mol. The zero-order valence-electron chi connectivity index (χ0n) is 6.08. The van der Waals surface area contributed by atoms with E-state index in [0.717, 1.165) is 0 Å². The molecule has 0 aliphatic carbocycles. The monoisotopic (exact) mass is 153 g/mol. The van der Waals surface area contributed by atoms with E-state index in [-0.39, 0.29) is 38.5 Å². The first kappa shape index (κ1) is 8.13. The number of hydrogen-bond acceptors (Lipinski definition) is 4. The average Bonchev–Trinajstić information content (AvgIpc) is 1.85. The highest BCUT2D eigenvalue weighted by Crippen LogP contribution is 1.99. The third kappa shape index (κ3) is 2.27. The van der Waals surface area contributed by atoms with Gasteiger partial charge in [-0.3, -0.25) is 9.59 Å². The van der Waals surface area contributed by atoms with E-state index in [1.165, 1.54) is 0 Å². The Labute approximate surface area is 64.8 Å². The molecule has 0 spiro atoms. The fourth-order valence-corrected chi connectivity index (χ4v) is 1.12. The molecule has 0 saturated carbocycles. The van der Waals surface area contributed by atoms with Crippen LogP contribution in [0.15, 0.2) is 0 Å². The second-order valence-corrected chi connectivity index (χ2v) is 2.59. The van der Waals surface area contributed by atoms with Crippen LogP contribution in [-0.4, -0.2) is 43.1 Å². The van der Waals surface area contributed by atoms with Gasteiger partial charge in [-0.2, -0.15) is 0 Å². The first-order valence-corrected chi connectivity index (χ1v) is 3.42. The van der Waals surface area contributed by atoms with E-state index in [1.807, 2.05) is 0 Å². The number of rotatable bonds is 2.